The molecule has 4 rings (SSSR count). The Morgan fingerprint density at radius 2 is 1.68 bits per heavy atom. The van der Waals surface area contributed by atoms with Crippen molar-refractivity contribution in [2.24, 2.45) is 0 Å². The van der Waals surface area contributed by atoms with Crippen molar-refractivity contribution in [1.29, 1.82) is 0 Å². The minimum atomic E-state index is -0.888. The highest BCUT2D eigenvalue weighted by Gasteiger charge is 2.24. The third-order valence-electron chi connectivity index (χ3n) is 5.27. The van der Waals surface area contributed by atoms with Crippen molar-refractivity contribution in [3.63, 3.8) is 0 Å². The maximum absolute atomic E-state index is 13.0. The normalized spacial score (nSPS) is 12.4. The van der Waals surface area contributed by atoms with E-state index in [0.717, 1.165) is 5.56 Å². The summed E-state index contributed by atoms with van der Waals surface area (Å²) >= 11 is 6.47. The van der Waals surface area contributed by atoms with Crippen LogP contribution in [0.15, 0.2) is 78.4 Å². The average Bonchev–Trinajstić information content (AvgIpc) is 2.83. The zero-order valence-corrected chi connectivity index (χ0v) is 18.8. The Labute approximate surface area is 201 Å². The van der Waals surface area contributed by atoms with E-state index in [4.69, 9.17) is 21.4 Å². The van der Waals surface area contributed by atoms with E-state index < -0.39 is 17.8 Å². The van der Waals surface area contributed by atoms with Gasteiger partial charge in [-0.05, 0) is 48.4 Å². The minimum Gasteiger partial charge on any atom is -0.488 e. The highest BCUT2D eigenvalue weighted by atomic mass is 35.5. The summed E-state index contributed by atoms with van der Waals surface area (Å²) in [4.78, 5) is 36.8. The predicted molar refractivity (Wildman–Crippen MR) is 130 cm³/mol. The van der Waals surface area contributed by atoms with Crippen LogP contribution in [0, 0.1) is 0 Å². The molecule has 0 aromatic heterocycles. The Hall–Kier alpha value is -4.10. The molecule has 3 aromatic carbocycles. The summed E-state index contributed by atoms with van der Waals surface area (Å²) in [7, 11) is 0. The number of ether oxygens (including phenoxy) is 1. The number of carboxylic acid groups (broad SMARTS) is 1. The number of fused-ring (bicyclic) bond motifs is 1. The van der Waals surface area contributed by atoms with Crippen molar-refractivity contribution < 1.29 is 24.2 Å². The summed E-state index contributed by atoms with van der Waals surface area (Å²) in [5.41, 5.74) is 2.80. The molecule has 0 unspecified atom stereocenters. The first-order chi connectivity index (χ1) is 16.4. The van der Waals surface area contributed by atoms with Gasteiger partial charge in [0.2, 0.25) is 0 Å². The Balaban J connectivity index is 1.51. The third-order valence-corrected chi connectivity index (χ3v) is 5.70. The van der Waals surface area contributed by atoms with Crippen molar-refractivity contribution in [3.05, 3.63) is 95.1 Å². The molecule has 1 aliphatic rings. The van der Waals surface area contributed by atoms with Gasteiger partial charge in [-0.3, -0.25) is 14.4 Å². The van der Waals surface area contributed by atoms with Gasteiger partial charge in [0.15, 0.2) is 0 Å². The molecule has 1 heterocycles. The van der Waals surface area contributed by atoms with Crippen LogP contribution in [0.4, 0.5) is 11.4 Å². The Morgan fingerprint density at radius 1 is 0.912 bits per heavy atom. The lowest BCUT2D eigenvalue weighted by molar-refractivity contribution is -0.137. The molecule has 0 spiro atoms. The van der Waals surface area contributed by atoms with E-state index >= 15 is 0 Å². The van der Waals surface area contributed by atoms with E-state index in [1.54, 1.807) is 60.7 Å². The SMILES string of the molecule is O=C(O)CCc1cccc(NC(=O)c2ccccc2NC(=O)C2=C(Cl)c3ccccc3OC2)c1. The summed E-state index contributed by atoms with van der Waals surface area (Å²) < 4.78 is 5.65. The summed E-state index contributed by atoms with van der Waals surface area (Å²) in [6, 6.07) is 20.8. The number of hydrogen-bond donors (Lipinski definition) is 3. The number of aryl methyl sites for hydroxylation is 1. The molecule has 0 aliphatic carbocycles. The number of hydrogen-bond acceptors (Lipinski definition) is 4. The molecule has 0 saturated carbocycles. The Kier molecular flexibility index (Phi) is 6.94. The average molecular weight is 477 g/mol. The van der Waals surface area contributed by atoms with Gasteiger partial charge in [0, 0.05) is 17.7 Å². The molecule has 0 atom stereocenters. The molecule has 0 saturated heterocycles. The number of rotatable bonds is 7. The molecule has 2 amide bonds. The second-order valence-corrected chi connectivity index (χ2v) is 8.00. The van der Waals surface area contributed by atoms with Gasteiger partial charge < -0.3 is 20.5 Å². The van der Waals surface area contributed by atoms with Gasteiger partial charge in [-0.25, -0.2) is 0 Å². The molecule has 1 aliphatic heterocycles. The standard InChI is InChI=1S/C26H21ClN2O5/c27-24-19-9-2-4-11-22(19)34-15-20(24)26(33)29-21-10-3-1-8-18(21)25(32)28-17-7-5-6-16(14-17)12-13-23(30)31/h1-11,14H,12-13,15H2,(H,28,32)(H,29,33)(H,30,31). The van der Waals surface area contributed by atoms with Crippen LogP contribution in [-0.4, -0.2) is 29.5 Å². The topological polar surface area (TPSA) is 105 Å². The number of anilines is 2. The van der Waals surface area contributed by atoms with Crippen LogP contribution in [0.1, 0.15) is 27.9 Å². The first kappa shape index (κ1) is 23.1. The van der Waals surface area contributed by atoms with Crippen LogP contribution in [0.5, 0.6) is 5.75 Å². The van der Waals surface area contributed by atoms with E-state index in [2.05, 4.69) is 10.6 Å². The van der Waals surface area contributed by atoms with Crippen LogP contribution in [0.25, 0.3) is 5.03 Å². The third kappa shape index (κ3) is 5.27. The number of carbonyl (C=O) groups excluding carboxylic acids is 2. The second kappa shape index (κ2) is 10.2. The Bertz CT molecular complexity index is 1300. The number of nitrogens with one attached hydrogen (secondary N) is 2. The molecule has 172 valence electrons. The molecule has 3 aromatic rings. The summed E-state index contributed by atoms with van der Waals surface area (Å²) in [6.45, 7) is 0.0131. The molecule has 0 radical (unpaired) electrons. The lowest BCUT2D eigenvalue weighted by atomic mass is 10.1. The van der Waals surface area contributed by atoms with Gasteiger partial charge in [0.1, 0.15) is 12.4 Å². The molecular formula is C26H21ClN2O5. The molecule has 8 heteroatoms. The van der Waals surface area contributed by atoms with E-state index in [-0.39, 0.29) is 24.2 Å². The van der Waals surface area contributed by atoms with Crippen LogP contribution in [0.2, 0.25) is 0 Å². The van der Waals surface area contributed by atoms with Gasteiger partial charge in [0.25, 0.3) is 11.8 Å². The molecule has 34 heavy (non-hydrogen) atoms. The first-order valence-corrected chi connectivity index (χ1v) is 10.9. The van der Waals surface area contributed by atoms with Gasteiger partial charge >= 0.3 is 5.97 Å². The quantitative estimate of drug-likeness (QED) is 0.448. The highest BCUT2D eigenvalue weighted by molar-refractivity contribution is 6.51. The van der Waals surface area contributed by atoms with Gasteiger partial charge in [0.05, 0.1) is 21.9 Å². The summed E-state index contributed by atoms with van der Waals surface area (Å²) in [5.74, 6) is -1.16. The van der Waals surface area contributed by atoms with Crippen LogP contribution < -0.4 is 15.4 Å². The smallest absolute Gasteiger partial charge is 0.303 e. The zero-order chi connectivity index (χ0) is 24.1. The fourth-order valence-electron chi connectivity index (χ4n) is 3.56. The van der Waals surface area contributed by atoms with E-state index in [0.29, 0.717) is 34.1 Å². The Morgan fingerprint density at radius 3 is 2.50 bits per heavy atom. The van der Waals surface area contributed by atoms with Gasteiger partial charge in [-0.15, -0.1) is 0 Å². The zero-order valence-electron chi connectivity index (χ0n) is 18.0. The van der Waals surface area contributed by atoms with Crippen LogP contribution in [0.3, 0.4) is 0 Å². The van der Waals surface area contributed by atoms with E-state index in [1.165, 1.54) is 0 Å². The number of carbonyl (C=O) groups is 3. The number of benzene rings is 3. The molecule has 0 fully saturated rings. The summed E-state index contributed by atoms with van der Waals surface area (Å²) in [6.07, 6.45) is 0.353. The maximum atomic E-state index is 13.0. The highest BCUT2D eigenvalue weighted by Crippen LogP contribution is 2.35. The minimum absolute atomic E-state index is 0.00113. The number of para-hydroxylation sites is 2. The lowest BCUT2D eigenvalue weighted by Gasteiger charge is -2.20. The molecule has 7 nitrogen and oxygen atoms in total. The van der Waals surface area contributed by atoms with Crippen LogP contribution >= 0.6 is 11.6 Å². The summed E-state index contributed by atoms with van der Waals surface area (Å²) in [5, 5.41) is 14.7. The number of aliphatic carboxylic acids is 1. The van der Waals surface area contributed by atoms with Crippen molar-refractivity contribution in [2.75, 3.05) is 17.2 Å². The number of amides is 2. The largest absolute Gasteiger partial charge is 0.488 e. The molecule has 3 N–H and O–H groups in total. The second-order valence-electron chi connectivity index (χ2n) is 7.63. The van der Waals surface area contributed by atoms with Gasteiger partial charge in [-0.1, -0.05) is 48.0 Å². The fourth-order valence-corrected chi connectivity index (χ4v) is 3.85. The van der Waals surface area contributed by atoms with Crippen molar-refractivity contribution in [3.8, 4) is 5.75 Å². The van der Waals surface area contributed by atoms with Gasteiger partial charge in [-0.2, -0.15) is 0 Å². The molecular weight excluding hydrogens is 456 g/mol. The number of carboxylic acids is 1. The lowest BCUT2D eigenvalue weighted by Crippen LogP contribution is -2.24. The number of halogens is 1. The van der Waals surface area contributed by atoms with Crippen molar-refractivity contribution in [2.45, 2.75) is 12.8 Å². The monoisotopic (exact) mass is 476 g/mol. The predicted octanol–water partition coefficient (Wildman–Crippen LogP) is 4.94. The van der Waals surface area contributed by atoms with Crippen molar-refractivity contribution >= 4 is 45.8 Å². The maximum Gasteiger partial charge on any atom is 0.303 e. The van der Waals surface area contributed by atoms with Crippen molar-refractivity contribution in [1.82, 2.24) is 0 Å². The first-order valence-electron chi connectivity index (χ1n) is 10.6. The fraction of sp³-hybridized carbons (Fsp3) is 0.115. The molecule has 0 bridgehead atoms. The van der Waals surface area contributed by atoms with E-state index in [1.807, 2.05) is 12.1 Å². The van der Waals surface area contributed by atoms with Crippen LogP contribution in [-0.2, 0) is 16.0 Å². The van der Waals surface area contributed by atoms with E-state index in [9.17, 15) is 14.4 Å².